The Kier molecular flexibility index (Phi) is 11.1. The van der Waals surface area contributed by atoms with E-state index in [0.29, 0.717) is 6.54 Å². The molecule has 14 heteroatoms. The first-order valence-electron chi connectivity index (χ1n) is 21.8. The summed E-state index contributed by atoms with van der Waals surface area (Å²) in [5.74, 6) is 2.32. The van der Waals surface area contributed by atoms with Crippen LogP contribution in [0.3, 0.4) is 0 Å². The lowest BCUT2D eigenvalue weighted by Crippen LogP contribution is -2.51. The number of aromatic amines is 2. The highest BCUT2D eigenvalue weighted by Crippen LogP contribution is 2.46. The third-order valence-corrected chi connectivity index (χ3v) is 12.8. The number of H-pyrrole nitrogens is 2. The van der Waals surface area contributed by atoms with Crippen LogP contribution >= 0.6 is 0 Å². The summed E-state index contributed by atoms with van der Waals surface area (Å²) in [6.45, 7) is 9.26. The number of likely N-dealkylation sites (tertiary alicyclic amines) is 2. The SMILES string of the molecule is CN[C@H](C(=O)N1CCC[C@H]1c1ncc(-c2ccc3c(c2)OC(c2ccccc2)n2c-3cc3cc(-c4cnc([C@@H]5CCCN5C(=O)[C@@H](NC(=O)OC)C(C)C)[nH]4)ccc32)[nH]1)C(C)C. The van der Waals surface area contributed by atoms with Gasteiger partial charge in [0.15, 0.2) is 0 Å². The number of carbonyl (C=O) groups is 3. The number of nitrogens with one attached hydrogen (secondary N) is 4. The van der Waals surface area contributed by atoms with Crippen molar-refractivity contribution >= 4 is 28.8 Å². The van der Waals surface area contributed by atoms with Gasteiger partial charge in [0.25, 0.3) is 0 Å². The summed E-state index contributed by atoms with van der Waals surface area (Å²) < 4.78 is 14.0. The van der Waals surface area contributed by atoms with E-state index in [-0.39, 0.29) is 41.8 Å². The Hall–Kier alpha value is -6.41. The zero-order chi connectivity index (χ0) is 43.2. The molecule has 3 amide bonds. The number of methoxy groups -OCH3 is 1. The molecule has 62 heavy (non-hydrogen) atoms. The van der Waals surface area contributed by atoms with Gasteiger partial charge in [0.05, 0.1) is 60.2 Å². The number of imidazole rings is 2. The van der Waals surface area contributed by atoms with Crippen LogP contribution in [0.4, 0.5) is 4.79 Å². The summed E-state index contributed by atoms with van der Waals surface area (Å²) >= 11 is 0. The van der Waals surface area contributed by atoms with Gasteiger partial charge in [0.2, 0.25) is 18.0 Å². The maximum Gasteiger partial charge on any atom is 0.407 e. The summed E-state index contributed by atoms with van der Waals surface area (Å²) in [6.07, 6.45) is 6.07. The molecular formula is C48H55N9O5. The van der Waals surface area contributed by atoms with Gasteiger partial charge in [-0.15, -0.1) is 0 Å². The first kappa shape index (κ1) is 41.0. The van der Waals surface area contributed by atoms with Crippen LogP contribution in [0, 0.1) is 11.8 Å². The fourth-order valence-electron chi connectivity index (χ4n) is 9.60. The summed E-state index contributed by atoms with van der Waals surface area (Å²) in [5.41, 5.74) is 7.72. The van der Waals surface area contributed by atoms with E-state index < -0.39 is 18.4 Å². The van der Waals surface area contributed by atoms with Gasteiger partial charge in [0.1, 0.15) is 23.4 Å². The zero-order valence-electron chi connectivity index (χ0n) is 36.1. The van der Waals surface area contributed by atoms with Crippen LogP contribution in [0.1, 0.15) is 88.9 Å². The number of rotatable bonds is 11. The van der Waals surface area contributed by atoms with Crippen molar-refractivity contribution in [3.8, 4) is 39.5 Å². The van der Waals surface area contributed by atoms with E-state index >= 15 is 0 Å². The fourth-order valence-corrected chi connectivity index (χ4v) is 9.60. The van der Waals surface area contributed by atoms with Gasteiger partial charge in [-0.25, -0.2) is 14.8 Å². The second kappa shape index (κ2) is 16.8. The monoisotopic (exact) mass is 837 g/mol. The molecule has 2 fully saturated rings. The van der Waals surface area contributed by atoms with Gasteiger partial charge in [-0.05, 0) is 74.9 Å². The lowest BCUT2D eigenvalue weighted by atomic mass is 10.0. The molecular weight excluding hydrogens is 783 g/mol. The number of carbonyl (C=O) groups excluding carboxylic acids is 3. The Bertz CT molecular complexity index is 2610. The van der Waals surface area contributed by atoms with Crippen molar-refractivity contribution < 1.29 is 23.9 Å². The third-order valence-electron chi connectivity index (χ3n) is 12.8. The van der Waals surface area contributed by atoms with Crippen LogP contribution in [0.5, 0.6) is 5.75 Å². The Balaban J connectivity index is 1.01. The molecule has 0 aliphatic carbocycles. The van der Waals surface area contributed by atoms with E-state index in [0.717, 1.165) is 99.9 Å². The standard InChI is InChI=1S/C48H55N9O5/c1-27(2)41(49-5)45(58)55-20-10-14-37(55)43-51-26-35(53-43)31-16-18-33-39-23-32-22-30(17-19-36(32)57(39)47(62-40(33)24-31)29-12-8-7-9-13-29)34-25-50-44(52-34)38-15-11-21-56(38)46(59)42(28(3)4)54-48(60)61-6/h7-9,12-13,16-19,22-28,37-38,41-42,47,49H,10-11,14-15,20-21H2,1-6H3,(H,50,52)(H,51,53)(H,54,60)/t37-,38-,41-,42-,47?/m0/s1. The van der Waals surface area contributed by atoms with Crippen LogP contribution < -0.4 is 15.4 Å². The van der Waals surface area contributed by atoms with Crippen LogP contribution in [0.2, 0.25) is 0 Å². The summed E-state index contributed by atoms with van der Waals surface area (Å²) in [4.78, 5) is 59.9. The van der Waals surface area contributed by atoms with Gasteiger partial charge >= 0.3 is 6.09 Å². The van der Waals surface area contributed by atoms with Crippen LogP contribution in [-0.4, -0.2) is 91.5 Å². The number of alkyl carbamates (subject to hydrolysis) is 1. The lowest BCUT2D eigenvalue weighted by Gasteiger charge is -2.30. The highest BCUT2D eigenvalue weighted by molar-refractivity contribution is 5.93. The minimum Gasteiger partial charge on any atom is -0.465 e. The van der Waals surface area contributed by atoms with Gasteiger partial charge in [0, 0.05) is 40.7 Å². The van der Waals surface area contributed by atoms with Gasteiger partial charge < -0.3 is 44.4 Å². The van der Waals surface area contributed by atoms with Crippen molar-refractivity contribution in [2.45, 2.75) is 83.8 Å². The molecule has 0 bridgehead atoms. The van der Waals surface area contributed by atoms with Crippen molar-refractivity contribution in [1.82, 2.24) is 44.9 Å². The molecule has 3 aliphatic rings. The van der Waals surface area contributed by atoms with Gasteiger partial charge in [-0.2, -0.15) is 0 Å². The molecule has 0 radical (unpaired) electrons. The summed E-state index contributed by atoms with van der Waals surface area (Å²) in [6, 6.07) is 23.9. The molecule has 1 unspecified atom stereocenters. The predicted molar refractivity (Wildman–Crippen MR) is 237 cm³/mol. The maximum absolute atomic E-state index is 13.8. The maximum atomic E-state index is 13.8. The number of likely N-dealkylation sites (N-methyl/N-ethyl adjacent to an activating group) is 1. The number of ether oxygens (including phenoxy) is 2. The van der Waals surface area contributed by atoms with E-state index in [9.17, 15) is 14.4 Å². The molecule has 4 N–H and O–H groups in total. The predicted octanol–water partition coefficient (Wildman–Crippen LogP) is 7.98. The molecule has 6 aromatic rings. The van der Waals surface area contributed by atoms with Crippen molar-refractivity contribution in [3.63, 3.8) is 0 Å². The number of nitrogens with zero attached hydrogens (tertiary/aromatic N) is 5. The van der Waals surface area contributed by atoms with E-state index in [4.69, 9.17) is 19.4 Å². The molecule has 0 spiro atoms. The second-order valence-electron chi connectivity index (χ2n) is 17.4. The molecule has 6 heterocycles. The summed E-state index contributed by atoms with van der Waals surface area (Å²) in [7, 11) is 3.15. The largest absolute Gasteiger partial charge is 0.465 e. The molecule has 3 aromatic heterocycles. The zero-order valence-corrected chi connectivity index (χ0v) is 36.1. The van der Waals surface area contributed by atoms with E-state index in [1.165, 1.54) is 7.11 Å². The molecule has 3 aliphatic heterocycles. The smallest absolute Gasteiger partial charge is 0.407 e. The van der Waals surface area contributed by atoms with Crippen LogP contribution in [0.15, 0.2) is 85.2 Å². The quantitative estimate of drug-likeness (QED) is 0.102. The van der Waals surface area contributed by atoms with E-state index in [1.54, 1.807) is 0 Å². The van der Waals surface area contributed by atoms with Crippen molar-refractivity contribution in [1.29, 1.82) is 0 Å². The summed E-state index contributed by atoms with van der Waals surface area (Å²) in [5, 5.41) is 6.99. The average Bonchev–Trinajstić information content (AvgIpc) is 4.14. The lowest BCUT2D eigenvalue weighted by molar-refractivity contribution is -0.136. The van der Waals surface area contributed by atoms with Gasteiger partial charge in [-0.1, -0.05) is 70.2 Å². The van der Waals surface area contributed by atoms with Gasteiger partial charge in [-0.3, -0.25) is 9.59 Å². The number of hydrogen-bond acceptors (Lipinski definition) is 8. The highest BCUT2D eigenvalue weighted by atomic mass is 16.5. The first-order chi connectivity index (χ1) is 30.0. The number of aromatic nitrogens is 5. The number of fused-ring (bicyclic) bond motifs is 5. The van der Waals surface area contributed by atoms with E-state index in [2.05, 4.69) is 93.6 Å². The normalized spacial score (nSPS) is 19.4. The molecule has 9 rings (SSSR count). The van der Waals surface area contributed by atoms with Crippen molar-refractivity contribution in [3.05, 3.63) is 102 Å². The minimum absolute atomic E-state index is 0.0999. The number of amides is 3. The topological polar surface area (TPSA) is 162 Å². The van der Waals surface area contributed by atoms with E-state index in [1.807, 2.05) is 61.3 Å². The number of hydrogen-bond donors (Lipinski definition) is 4. The molecule has 2 saturated heterocycles. The first-order valence-corrected chi connectivity index (χ1v) is 21.8. The van der Waals surface area contributed by atoms with Crippen LogP contribution in [-0.2, 0) is 14.3 Å². The molecule has 322 valence electrons. The van der Waals surface area contributed by atoms with Crippen LogP contribution in [0.25, 0.3) is 44.7 Å². The highest BCUT2D eigenvalue weighted by Gasteiger charge is 2.39. The molecule has 5 atom stereocenters. The Labute approximate surface area is 361 Å². The number of benzene rings is 3. The fraction of sp³-hybridized carbons (Fsp3) is 0.396. The minimum atomic E-state index is -0.702. The van der Waals surface area contributed by atoms with Crippen molar-refractivity contribution in [2.24, 2.45) is 11.8 Å². The molecule has 14 nitrogen and oxygen atoms in total. The average molecular weight is 838 g/mol. The Morgan fingerprint density at radius 1 is 0.774 bits per heavy atom. The van der Waals surface area contributed by atoms with Crippen molar-refractivity contribution in [2.75, 3.05) is 27.2 Å². The molecule has 0 saturated carbocycles. The Morgan fingerprint density at radius 3 is 1.97 bits per heavy atom. The second-order valence-corrected chi connectivity index (χ2v) is 17.4. The third kappa shape index (κ3) is 7.39. The molecule has 3 aromatic carbocycles. The Morgan fingerprint density at radius 2 is 1.37 bits per heavy atom.